The summed E-state index contributed by atoms with van der Waals surface area (Å²) in [7, 11) is 0. The molecule has 5 nitrogen and oxygen atoms in total. The molecule has 0 aliphatic heterocycles. The van der Waals surface area contributed by atoms with Crippen LogP contribution in [-0.2, 0) is 11.2 Å². The first kappa shape index (κ1) is 14.5. The molecule has 1 amide bonds. The Morgan fingerprint density at radius 1 is 1.18 bits per heavy atom. The van der Waals surface area contributed by atoms with Crippen molar-refractivity contribution in [2.75, 3.05) is 5.32 Å². The first-order chi connectivity index (χ1) is 10.8. The number of carbonyl (C=O) groups is 1. The minimum atomic E-state index is 0.00111. The predicted molar refractivity (Wildman–Crippen MR) is 85.6 cm³/mol. The van der Waals surface area contributed by atoms with Crippen molar-refractivity contribution >= 4 is 22.9 Å². The molecule has 3 rings (SSSR count). The van der Waals surface area contributed by atoms with Crippen molar-refractivity contribution in [3.05, 3.63) is 53.0 Å². The van der Waals surface area contributed by atoms with Gasteiger partial charge in [0.05, 0.1) is 5.69 Å². The van der Waals surface area contributed by atoms with Gasteiger partial charge in [0.2, 0.25) is 17.7 Å². The Labute approximate surface area is 132 Å². The number of hydrogen-bond donors (Lipinski definition) is 1. The minimum absolute atomic E-state index is 0.00111. The Morgan fingerprint density at radius 2 is 2.05 bits per heavy atom. The molecule has 1 N–H and O–H groups in total. The lowest BCUT2D eigenvalue weighted by Gasteiger charge is -2.01. The molecule has 3 aromatic rings. The highest BCUT2D eigenvalue weighted by Gasteiger charge is 2.09. The average Bonchev–Trinajstić information content (AvgIpc) is 3.20. The highest BCUT2D eigenvalue weighted by molar-refractivity contribution is 7.08. The van der Waals surface area contributed by atoms with Gasteiger partial charge in [-0.25, -0.2) is 0 Å². The van der Waals surface area contributed by atoms with E-state index in [9.17, 15) is 4.79 Å². The quantitative estimate of drug-likeness (QED) is 0.752. The Morgan fingerprint density at radius 3 is 2.82 bits per heavy atom. The van der Waals surface area contributed by atoms with Crippen LogP contribution >= 0.6 is 11.3 Å². The molecule has 1 aromatic carbocycles. The monoisotopic (exact) mass is 313 g/mol. The van der Waals surface area contributed by atoms with Crippen molar-refractivity contribution in [1.82, 2.24) is 10.2 Å². The lowest BCUT2D eigenvalue weighted by atomic mass is 10.2. The number of carbonyl (C=O) groups excluding carboxylic acids is 1. The van der Waals surface area contributed by atoms with Gasteiger partial charge in [-0.05, 0) is 30.0 Å². The molecule has 22 heavy (non-hydrogen) atoms. The van der Waals surface area contributed by atoms with Gasteiger partial charge in [-0.2, -0.15) is 11.3 Å². The predicted octanol–water partition coefficient (Wildman–Crippen LogP) is 3.76. The summed E-state index contributed by atoms with van der Waals surface area (Å²) in [6, 6.07) is 11.5. The highest BCUT2D eigenvalue weighted by atomic mass is 32.1. The van der Waals surface area contributed by atoms with E-state index in [1.807, 2.05) is 47.2 Å². The van der Waals surface area contributed by atoms with E-state index in [0.717, 1.165) is 11.3 Å². The molecule has 0 saturated carbocycles. The molecule has 0 aliphatic rings. The van der Waals surface area contributed by atoms with E-state index >= 15 is 0 Å². The maximum absolute atomic E-state index is 11.8. The van der Waals surface area contributed by atoms with Crippen molar-refractivity contribution in [3.8, 4) is 11.5 Å². The molecule has 2 aromatic heterocycles. The molecule has 0 fully saturated rings. The van der Waals surface area contributed by atoms with Gasteiger partial charge in [-0.1, -0.05) is 18.2 Å². The van der Waals surface area contributed by atoms with Crippen LogP contribution < -0.4 is 5.32 Å². The average molecular weight is 313 g/mol. The van der Waals surface area contributed by atoms with Crippen molar-refractivity contribution in [3.63, 3.8) is 0 Å². The summed E-state index contributed by atoms with van der Waals surface area (Å²) in [5.74, 6) is 1.07. The van der Waals surface area contributed by atoms with Gasteiger partial charge in [0.25, 0.3) is 0 Å². The molecular formula is C16H15N3O2S. The second-order valence-corrected chi connectivity index (χ2v) is 5.56. The highest BCUT2D eigenvalue weighted by Crippen LogP contribution is 2.18. The number of aromatic nitrogens is 2. The molecule has 0 spiro atoms. The molecule has 2 heterocycles. The third-order valence-electron chi connectivity index (χ3n) is 3.09. The van der Waals surface area contributed by atoms with Crippen molar-refractivity contribution in [2.45, 2.75) is 19.3 Å². The summed E-state index contributed by atoms with van der Waals surface area (Å²) in [6.07, 6.45) is 1.70. The number of amides is 1. The van der Waals surface area contributed by atoms with Gasteiger partial charge in [-0.3, -0.25) is 4.79 Å². The molecule has 6 heteroatoms. The van der Waals surface area contributed by atoms with Gasteiger partial charge in [0, 0.05) is 23.8 Å². The topological polar surface area (TPSA) is 68.0 Å². The molecule has 0 radical (unpaired) electrons. The molecule has 112 valence electrons. The van der Waals surface area contributed by atoms with Gasteiger partial charge < -0.3 is 9.73 Å². The largest absolute Gasteiger partial charge is 0.421 e. The van der Waals surface area contributed by atoms with Crippen molar-refractivity contribution < 1.29 is 9.21 Å². The number of benzene rings is 1. The fourth-order valence-electron chi connectivity index (χ4n) is 2.01. The first-order valence-corrected chi connectivity index (χ1v) is 7.95. The van der Waals surface area contributed by atoms with Crippen LogP contribution in [0.4, 0.5) is 5.69 Å². The van der Waals surface area contributed by atoms with E-state index in [0.29, 0.717) is 31.0 Å². The van der Waals surface area contributed by atoms with E-state index in [1.165, 1.54) is 0 Å². The Kier molecular flexibility index (Phi) is 4.60. The van der Waals surface area contributed by atoms with Gasteiger partial charge in [-0.15, -0.1) is 10.2 Å². The van der Waals surface area contributed by atoms with E-state index in [2.05, 4.69) is 15.5 Å². The normalized spacial score (nSPS) is 10.5. The van der Waals surface area contributed by atoms with E-state index in [1.54, 1.807) is 11.3 Å². The molecular weight excluding hydrogens is 298 g/mol. The van der Waals surface area contributed by atoms with Crippen LogP contribution in [0.2, 0.25) is 0 Å². The number of anilines is 1. The Hall–Kier alpha value is -2.47. The molecule has 0 bridgehead atoms. The zero-order chi connectivity index (χ0) is 15.2. The summed E-state index contributed by atoms with van der Waals surface area (Å²) in [4.78, 5) is 11.8. The second-order valence-electron chi connectivity index (χ2n) is 4.78. The van der Waals surface area contributed by atoms with Gasteiger partial charge in [0.15, 0.2) is 0 Å². The number of aryl methyl sites for hydroxylation is 1. The van der Waals surface area contributed by atoms with Crippen LogP contribution in [0, 0.1) is 0 Å². The molecule has 0 atom stereocenters. The molecule has 0 unspecified atom stereocenters. The smallest absolute Gasteiger partial charge is 0.247 e. The van der Waals surface area contributed by atoms with Crippen LogP contribution in [0.1, 0.15) is 18.7 Å². The fraction of sp³-hybridized carbons (Fsp3) is 0.188. The number of hydrogen-bond acceptors (Lipinski definition) is 5. The SMILES string of the molecule is O=C(CCCc1nnc(-c2ccccc2)o1)Nc1ccsc1. The number of rotatable bonds is 6. The Balaban J connectivity index is 1.48. The summed E-state index contributed by atoms with van der Waals surface area (Å²) < 4.78 is 5.61. The summed E-state index contributed by atoms with van der Waals surface area (Å²) in [5, 5.41) is 14.7. The van der Waals surface area contributed by atoms with Gasteiger partial charge in [0.1, 0.15) is 0 Å². The van der Waals surface area contributed by atoms with Crippen LogP contribution in [0.25, 0.3) is 11.5 Å². The van der Waals surface area contributed by atoms with Crippen molar-refractivity contribution in [1.29, 1.82) is 0 Å². The zero-order valence-electron chi connectivity index (χ0n) is 11.9. The standard InChI is InChI=1S/C16H15N3O2S/c20-14(17-13-9-10-22-11-13)7-4-8-15-18-19-16(21-15)12-5-2-1-3-6-12/h1-3,5-6,9-11H,4,7-8H2,(H,17,20). The van der Waals surface area contributed by atoms with E-state index in [-0.39, 0.29) is 5.91 Å². The second kappa shape index (κ2) is 7.00. The van der Waals surface area contributed by atoms with Crippen LogP contribution in [0.5, 0.6) is 0 Å². The Bertz CT molecular complexity index is 723. The maximum Gasteiger partial charge on any atom is 0.247 e. The number of nitrogens with zero attached hydrogens (tertiary/aromatic N) is 2. The maximum atomic E-state index is 11.8. The van der Waals surface area contributed by atoms with Crippen LogP contribution in [0.3, 0.4) is 0 Å². The third-order valence-corrected chi connectivity index (χ3v) is 3.77. The molecule has 0 saturated heterocycles. The van der Waals surface area contributed by atoms with Crippen LogP contribution in [-0.4, -0.2) is 16.1 Å². The van der Waals surface area contributed by atoms with Crippen LogP contribution in [0.15, 0.2) is 51.6 Å². The minimum Gasteiger partial charge on any atom is -0.421 e. The summed E-state index contributed by atoms with van der Waals surface area (Å²) in [6.45, 7) is 0. The first-order valence-electron chi connectivity index (χ1n) is 7.01. The van der Waals surface area contributed by atoms with Crippen molar-refractivity contribution in [2.24, 2.45) is 0 Å². The number of thiophene rings is 1. The van der Waals surface area contributed by atoms with E-state index < -0.39 is 0 Å². The summed E-state index contributed by atoms with van der Waals surface area (Å²) >= 11 is 1.55. The van der Waals surface area contributed by atoms with E-state index in [4.69, 9.17) is 4.42 Å². The van der Waals surface area contributed by atoms with Gasteiger partial charge >= 0.3 is 0 Å². The third kappa shape index (κ3) is 3.79. The lowest BCUT2D eigenvalue weighted by Crippen LogP contribution is -2.10. The zero-order valence-corrected chi connectivity index (χ0v) is 12.7. The summed E-state index contributed by atoms with van der Waals surface area (Å²) in [5.41, 5.74) is 1.75. The molecule has 0 aliphatic carbocycles. The lowest BCUT2D eigenvalue weighted by molar-refractivity contribution is -0.116. The number of nitrogens with one attached hydrogen (secondary N) is 1. The fourth-order valence-corrected chi connectivity index (χ4v) is 2.60.